The monoisotopic (exact) mass is 568 g/mol. The van der Waals surface area contributed by atoms with Crippen LogP contribution in [0.1, 0.15) is 51.8 Å². The highest BCUT2D eigenvalue weighted by molar-refractivity contribution is 7.99. The average Bonchev–Trinajstić information content (AvgIpc) is 2.96. The van der Waals surface area contributed by atoms with E-state index in [0.29, 0.717) is 33.7 Å². The van der Waals surface area contributed by atoms with Gasteiger partial charge in [-0.2, -0.15) is 0 Å². The summed E-state index contributed by atoms with van der Waals surface area (Å²) in [6, 6.07) is 9.65. The maximum Gasteiger partial charge on any atom is 0.280 e. The van der Waals surface area contributed by atoms with Crippen LogP contribution in [-0.2, 0) is 6.54 Å². The van der Waals surface area contributed by atoms with Crippen LogP contribution in [0.3, 0.4) is 0 Å². The number of thioether (sulfide) groups is 1. The summed E-state index contributed by atoms with van der Waals surface area (Å²) in [5.74, 6) is 2.74. The fourth-order valence-corrected chi connectivity index (χ4v) is 4.63. The predicted molar refractivity (Wildman–Crippen MR) is 155 cm³/mol. The number of rotatable bonds is 12. The van der Waals surface area contributed by atoms with Crippen molar-refractivity contribution < 1.29 is 18.3 Å². The lowest BCUT2D eigenvalue weighted by Crippen LogP contribution is -2.19. The van der Waals surface area contributed by atoms with Gasteiger partial charge in [-0.15, -0.1) is 0 Å². The van der Waals surface area contributed by atoms with Gasteiger partial charge < -0.3 is 14.0 Å². The smallest absolute Gasteiger partial charge is 0.280 e. The SMILES string of the molecule is CC.CC.CNSCCCSc1nc(-c2ccc(=O)n(Cc3ccc(OC)c(OC)c3)c2)cc(C(F)F)n1. The molecule has 7 nitrogen and oxygen atoms in total. The summed E-state index contributed by atoms with van der Waals surface area (Å²) >= 11 is 2.93. The summed E-state index contributed by atoms with van der Waals surface area (Å²) in [5, 5.41) is 0.292. The first-order valence-corrected chi connectivity index (χ1v) is 14.4. The lowest BCUT2D eigenvalue weighted by molar-refractivity contribution is 0.145. The third-order valence-electron chi connectivity index (χ3n) is 4.80. The van der Waals surface area contributed by atoms with Crippen molar-refractivity contribution >= 4 is 23.7 Å². The van der Waals surface area contributed by atoms with Crippen LogP contribution in [-0.4, -0.2) is 47.3 Å². The number of nitrogens with one attached hydrogen (secondary N) is 1. The number of ether oxygens (including phenoxy) is 2. The zero-order valence-corrected chi connectivity index (χ0v) is 24.7. The van der Waals surface area contributed by atoms with Crippen molar-refractivity contribution in [1.29, 1.82) is 0 Å². The molecule has 2 heterocycles. The maximum absolute atomic E-state index is 13.5. The van der Waals surface area contributed by atoms with Crippen LogP contribution < -0.4 is 19.8 Å². The van der Waals surface area contributed by atoms with Gasteiger partial charge in [0.25, 0.3) is 12.0 Å². The number of alkyl halides is 2. The molecule has 0 amide bonds. The summed E-state index contributed by atoms with van der Waals surface area (Å²) < 4.78 is 42.1. The van der Waals surface area contributed by atoms with Gasteiger partial charge in [0.1, 0.15) is 5.69 Å². The minimum absolute atomic E-state index is 0.224. The number of hydrogen-bond donors (Lipinski definition) is 1. The summed E-state index contributed by atoms with van der Waals surface area (Å²) in [6.07, 6.45) is -0.225. The van der Waals surface area contributed by atoms with E-state index in [-0.39, 0.29) is 17.8 Å². The fraction of sp³-hybridized carbons (Fsp3) is 0.444. The number of benzene rings is 1. The number of aromatic nitrogens is 3. The van der Waals surface area contributed by atoms with Crippen molar-refractivity contribution in [1.82, 2.24) is 19.3 Å². The Morgan fingerprint density at radius 3 is 2.32 bits per heavy atom. The van der Waals surface area contributed by atoms with Crippen LogP contribution in [0.5, 0.6) is 11.5 Å². The van der Waals surface area contributed by atoms with Crippen LogP contribution in [0.15, 0.2) is 52.5 Å². The van der Waals surface area contributed by atoms with Crippen molar-refractivity contribution in [3.8, 4) is 22.8 Å². The first kappa shape index (κ1) is 33.4. The average molecular weight is 569 g/mol. The topological polar surface area (TPSA) is 78.3 Å². The molecule has 3 aromatic rings. The Kier molecular flexibility index (Phi) is 16.3. The van der Waals surface area contributed by atoms with Crippen LogP contribution in [0.4, 0.5) is 8.78 Å². The molecular weight excluding hydrogens is 530 g/mol. The molecule has 0 fully saturated rings. The molecule has 1 aromatic carbocycles. The van der Waals surface area contributed by atoms with E-state index >= 15 is 0 Å². The number of hydrogen-bond acceptors (Lipinski definition) is 8. The van der Waals surface area contributed by atoms with Gasteiger partial charge >= 0.3 is 0 Å². The number of nitrogens with zero attached hydrogens (tertiary/aromatic N) is 3. The highest BCUT2D eigenvalue weighted by atomic mass is 32.2. The Morgan fingerprint density at radius 2 is 1.68 bits per heavy atom. The minimum atomic E-state index is -2.72. The molecule has 0 spiro atoms. The second-order valence-electron chi connectivity index (χ2n) is 7.09. The highest BCUT2D eigenvalue weighted by Crippen LogP contribution is 2.29. The van der Waals surface area contributed by atoms with E-state index in [2.05, 4.69) is 14.7 Å². The van der Waals surface area contributed by atoms with E-state index in [9.17, 15) is 13.6 Å². The van der Waals surface area contributed by atoms with Gasteiger partial charge in [0.2, 0.25) is 0 Å². The standard InChI is InChI=1S/C23H26F2N4O3S2.2C2H6/c1-26-34-10-4-9-33-23-27-17(12-18(28-23)22(24)25)16-6-8-21(30)29(14-16)13-15-5-7-19(31-2)20(11-15)32-3;2*1-2/h5-8,11-12,14,22,26H,4,9-10,13H2,1-3H3;2*1-2H3. The molecule has 0 saturated heterocycles. The third-order valence-corrected chi connectivity index (χ3v) is 6.51. The van der Waals surface area contributed by atoms with Crippen molar-refractivity contribution in [3.05, 3.63) is 64.2 Å². The van der Waals surface area contributed by atoms with Gasteiger partial charge in [-0.25, -0.2) is 18.7 Å². The Bertz CT molecular complexity index is 1160. The molecule has 38 heavy (non-hydrogen) atoms. The molecule has 0 unspecified atom stereocenters. The van der Waals surface area contributed by atoms with Gasteiger partial charge in [0.15, 0.2) is 16.7 Å². The molecule has 0 aliphatic rings. The largest absolute Gasteiger partial charge is 0.493 e. The Labute approximate surface area is 232 Å². The number of methoxy groups -OCH3 is 2. The third kappa shape index (κ3) is 10.3. The zero-order valence-electron chi connectivity index (χ0n) is 23.1. The molecule has 0 aliphatic carbocycles. The molecule has 1 N–H and O–H groups in total. The first-order chi connectivity index (χ1) is 18.4. The van der Waals surface area contributed by atoms with Gasteiger partial charge in [-0.05, 0) is 43.3 Å². The quantitative estimate of drug-likeness (QED) is 0.112. The molecule has 210 valence electrons. The molecule has 0 atom stereocenters. The first-order valence-electron chi connectivity index (χ1n) is 12.5. The van der Waals surface area contributed by atoms with Crippen molar-refractivity contribution in [3.63, 3.8) is 0 Å². The van der Waals surface area contributed by atoms with E-state index < -0.39 is 6.43 Å². The zero-order chi connectivity index (χ0) is 28.5. The predicted octanol–water partition coefficient (Wildman–Crippen LogP) is 6.71. The van der Waals surface area contributed by atoms with E-state index in [1.54, 1.807) is 50.6 Å². The van der Waals surface area contributed by atoms with E-state index in [4.69, 9.17) is 9.47 Å². The van der Waals surface area contributed by atoms with Crippen LogP contribution in [0.25, 0.3) is 11.3 Å². The Hall–Kier alpha value is -2.63. The summed E-state index contributed by atoms with van der Waals surface area (Å²) in [5.41, 5.74) is 1.16. The van der Waals surface area contributed by atoms with Gasteiger partial charge in [0.05, 0.1) is 26.5 Å². The van der Waals surface area contributed by atoms with Gasteiger partial charge in [-0.1, -0.05) is 57.5 Å². The van der Waals surface area contributed by atoms with Crippen molar-refractivity contribution in [2.24, 2.45) is 0 Å². The van der Waals surface area contributed by atoms with E-state index in [1.165, 1.54) is 28.5 Å². The van der Waals surface area contributed by atoms with Crippen molar-refractivity contribution in [2.45, 2.75) is 52.2 Å². The molecule has 3 rings (SSSR count). The van der Waals surface area contributed by atoms with Crippen LogP contribution >= 0.6 is 23.7 Å². The number of halogens is 2. The van der Waals surface area contributed by atoms with Gasteiger partial charge in [-0.3, -0.25) is 9.52 Å². The summed E-state index contributed by atoms with van der Waals surface area (Å²) in [7, 11) is 4.94. The van der Waals surface area contributed by atoms with E-state index in [1.807, 2.05) is 40.8 Å². The summed E-state index contributed by atoms with van der Waals surface area (Å²) in [6.45, 7) is 8.27. The lowest BCUT2D eigenvalue weighted by atomic mass is 10.1. The number of pyridine rings is 1. The Balaban J connectivity index is 0.00000172. The molecule has 0 bridgehead atoms. The second kappa shape index (κ2) is 18.6. The van der Waals surface area contributed by atoms with E-state index in [0.717, 1.165) is 17.7 Å². The molecular formula is C27H38F2N4O3S2. The van der Waals surface area contributed by atoms with Gasteiger partial charge in [0, 0.05) is 29.3 Å². The highest BCUT2D eigenvalue weighted by Gasteiger charge is 2.15. The molecule has 11 heteroatoms. The second-order valence-corrected chi connectivity index (χ2v) is 9.26. The molecule has 0 radical (unpaired) electrons. The molecule has 2 aromatic heterocycles. The lowest BCUT2D eigenvalue weighted by Gasteiger charge is -2.12. The Morgan fingerprint density at radius 1 is 0.974 bits per heavy atom. The molecule has 0 saturated carbocycles. The normalized spacial score (nSPS) is 10.3. The molecule has 0 aliphatic heterocycles. The fourth-order valence-electron chi connectivity index (χ4n) is 3.15. The minimum Gasteiger partial charge on any atom is -0.493 e. The maximum atomic E-state index is 13.5. The van der Waals surface area contributed by atoms with Crippen LogP contribution in [0.2, 0.25) is 0 Å². The summed E-state index contributed by atoms with van der Waals surface area (Å²) in [4.78, 5) is 21.0. The van der Waals surface area contributed by atoms with Crippen LogP contribution in [0, 0.1) is 0 Å². The van der Waals surface area contributed by atoms with Crippen molar-refractivity contribution in [2.75, 3.05) is 32.8 Å².